The van der Waals surface area contributed by atoms with E-state index >= 15 is 0 Å². The quantitative estimate of drug-likeness (QED) is 0.734. The maximum Gasteiger partial charge on any atom is 0.134 e. The van der Waals surface area contributed by atoms with Crippen molar-refractivity contribution in [2.24, 2.45) is 0 Å². The Hall–Kier alpha value is -2.07. The Bertz CT molecular complexity index is 642. The van der Waals surface area contributed by atoms with Gasteiger partial charge in [0.2, 0.25) is 0 Å². The Morgan fingerprint density at radius 1 is 1.37 bits per heavy atom. The summed E-state index contributed by atoms with van der Waals surface area (Å²) in [5.74, 6) is 0.982. The first-order valence-electron chi connectivity index (χ1n) is 6.56. The smallest absolute Gasteiger partial charge is 0.134 e. The van der Waals surface area contributed by atoms with Gasteiger partial charge in [-0.15, -0.1) is 0 Å². The van der Waals surface area contributed by atoms with Gasteiger partial charge < -0.3 is 14.7 Å². The number of aromatic amines is 1. The zero-order chi connectivity index (χ0) is 13.1. The van der Waals surface area contributed by atoms with E-state index in [9.17, 15) is 0 Å². The molecule has 0 saturated carbocycles. The van der Waals surface area contributed by atoms with Gasteiger partial charge in [-0.05, 0) is 12.5 Å². The Kier molecular flexibility index (Phi) is 3.33. The van der Waals surface area contributed by atoms with Crippen LogP contribution < -0.4 is 5.32 Å². The number of H-pyrrole nitrogens is 1. The SMILES string of the molecule is CCC(NCc1coc2ccccc12)c1ncc[nH]1. The van der Waals surface area contributed by atoms with Gasteiger partial charge in [0.05, 0.1) is 12.3 Å². The molecule has 4 heteroatoms. The van der Waals surface area contributed by atoms with Crippen molar-refractivity contribution in [1.82, 2.24) is 15.3 Å². The van der Waals surface area contributed by atoms with Crippen LogP contribution in [0.2, 0.25) is 0 Å². The molecule has 3 rings (SSSR count). The normalized spacial score (nSPS) is 12.9. The van der Waals surface area contributed by atoms with Crippen molar-refractivity contribution >= 4 is 11.0 Å². The van der Waals surface area contributed by atoms with E-state index in [-0.39, 0.29) is 6.04 Å². The molecule has 98 valence electrons. The number of nitrogens with zero attached hydrogens (tertiary/aromatic N) is 1. The molecule has 0 aliphatic carbocycles. The van der Waals surface area contributed by atoms with Gasteiger partial charge in [0.1, 0.15) is 11.4 Å². The molecule has 0 bridgehead atoms. The third-order valence-electron chi connectivity index (χ3n) is 3.36. The van der Waals surface area contributed by atoms with Crippen molar-refractivity contribution in [2.75, 3.05) is 0 Å². The van der Waals surface area contributed by atoms with Crippen molar-refractivity contribution in [2.45, 2.75) is 25.9 Å². The number of hydrogen-bond donors (Lipinski definition) is 2. The topological polar surface area (TPSA) is 53.9 Å². The third-order valence-corrected chi connectivity index (χ3v) is 3.36. The molecule has 0 aliphatic heterocycles. The van der Waals surface area contributed by atoms with Gasteiger partial charge in [-0.3, -0.25) is 0 Å². The van der Waals surface area contributed by atoms with E-state index in [0.717, 1.165) is 24.4 Å². The molecule has 2 N–H and O–H groups in total. The van der Waals surface area contributed by atoms with Gasteiger partial charge in [0, 0.05) is 29.9 Å². The fourth-order valence-corrected chi connectivity index (χ4v) is 2.31. The fraction of sp³-hybridized carbons (Fsp3) is 0.267. The Balaban J connectivity index is 1.75. The molecule has 0 amide bonds. The molecule has 0 spiro atoms. The van der Waals surface area contributed by atoms with Crippen LogP contribution >= 0.6 is 0 Å². The van der Waals surface area contributed by atoms with Gasteiger partial charge in [-0.1, -0.05) is 25.1 Å². The first-order valence-corrected chi connectivity index (χ1v) is 6.56. The predicted molar refractivity (Wildman–Crippen MR) is 74.7 cm³/mol. The number of benzene rings is 1. The van der Waals surface area contributed by atoms with E-state index in [4.69, 9.17) is 4.42 Å². The first kappa shape index (κ1) is 12.0. The van der Waals surface area contributed by atoms with E-state index in [0.29, 0.717) is 0 Å². The van der Waals surface area contributed by atoms with Crippen molar-refractivity contribution < 1.29 is 4.42 Å². The molecule has 0 saturated heterocycles. The molecule has 0 fully saturated rings. The van der Waals surface area contributed by atoms with Crippen LogP contribution in [-0.4, -0.2) is 9.97 Å². The summed E-state index contributed by atoms with van der Waals surface area (Å²) in [7, 11) is 0. The summed E-state index contributed by atoms with van der Waals surface area (Å²) in [5, 5.41) is 4.68. The lowest BCUT2D eigenvalue weighted by Gasteiger charge is -2.13. The van der Waals surface area contributed by atoms with Crippen LogP contribution in [0.25, 0.3) is 11.0 Å². The Labute approximate surface area is 111 Å². The number of nitrogens with one attached hydrogen (secondary N) is 2. The van der Waals surface area contributed by atoms with E-state index in [1.165, 1.54) is 10.9 Å². The molecular weight excluding hydrogens is 238 g/mol. The highest BCUT2D eigenvalue weighted by atomic mass is 16.3. The monoisotopic (exact) mass is 255 g/mol. The number of rotatable bonds is 5. The molecule has 1 atom stereocenters. The fourth-order valence-electron chi connectivity index (χ4n) is 2.31. The highest BCUT2D eigenvalue weighted by Gasteiger charge is 2.12. The minimum absolute atomic E-state index is 0.240. The molecule has 4 nitrogen and oxygen atoms in total. The van der Waals surface area contributed by atoms with Gasteiger partial charge in [-0.25, -0.2) is 4.98 Å². The molecule has 19 heavy (non-hydrogen) atoms. The number of para-hydroxylation sites is 1. The largest absolute Gasteiger partial charge is 0.464 e. The van der Waals surface area contributed by atoms with Crippen LogP contribution in [0, 0.1) is 0 Å². The Morgan fingerprint density at radius 3 is 3.05 bits per heavy atom. The van der Waals surface area contributed by atoms with Gasteiger partial charge in [0.25, 0.3) is 0 Å². The van der Waals surface area contributed by atoms with Crippen LogP contribution in [0.1, 0.15) is 30.8 Å². The van der Waals surface area contributed by atoms with E-state index in [2.05, 4.69) is 28.3 Å². The minimum atomic E-state index is 0.240. The zero-order valence-corrected chi connectivity index (χ0v) is 10.9. The van der Waals surface area contributed by atoms with E-state index < -0.39 is 0 Å². The summed E-state index contributed by atoms with van der Waals surface area (Å²) >= 11 is 0. The second-order valence-corrected chi connectivity index (χ2v) is 4.57. The van der Waals surface area contributed by atoms with Gasteiger partial charge in [0.15, 0.2) is 0 Å². The predicted octanol–water partition coefficient (Wildman–Crippen LogP) is 3.40. The summed E-state index contributed by atoms with van der Waals surface area (Å²) in [6.45, 7) is 2.92. The molecular formula is C15H17N3O. The van der Waals surface area contributed by atoms with Gasteiger partial charge >= 0.3 is 0 Å². The molecule has 1 unspecified atom stereocenters. The van der Waals surface area contributed by atoms with Crippen LogP contribution in [0.3, 0.4) is 0 Å². The van der Waals surface area contributed by atoms with E-state index in [1.807, 2.05) is 30.7 Å². The van der Waals surface area contributed by atoms with Crippen LogP contribution in [0.15, 0.2) is 47.3 Å². The Morgan fingerprint density at radius 2 is 2.26 bits per heavy atom. The maximum atomic E-state index is 5.54. The summed E-state index contributed by atoms with van der Waals surface area (Å²) in [6, 6.07) is 8.34. The van der Waals surface area contributed by atoms with Crippen molar-refractivity contribution in [3.8, 4) is 0 Å². The average Bonchev–Trinajstić information content (AvgIpc) is 3.09. The lowest BCUT2D eigenvalue weighted by molar-refractivity contribution is 0.495. The van der Waals surface area contributed by atoms with Crippen LogP contribution in [0.5, 0.6) is 0 Å². The minimum Gasteiger partial charge on any atom is -0.464 e. The highest BCUT2D eigenvalue weighted by molar-refractivity contribution is 5.80. The molecule has 2 aromatic heterocycles. The van der Waals surface area contributed by atoms with Crippen molar-refractivity contribution in [3.05, 3.63) is 54.3 Å². The first-order chi connectivity index (χ1) is 9.38. The number of furan rings is 1. The summed E-state index contributed by atoms with van der Waals surface area (Å²) in [4.78, 5) is 7.47. The summed E-state index contributed by atoms with van der Waals surface area (Å²) in [6.07, 6.45) is 6.45. The second kappa shape index (κ2) is 5.28. The lowest BCUT2D eigenvalue weighted by Crippen LogP contribution is -2.21. The third kappa shape index (κ3) is 2.39. The molecule has 2 heterocycles. The average molecular weight is 255 g/mol. The summed E-state index contributed by atoms with van der Waals surface area (Å²) in [5.41, 5.74) is 2.12. The van der Waals surface area contributed by atoms with Crippen molar-refractivity contribution in [1.29, 1.82) is 0 Å². The van der Waals surface area contributed by atoms with Crippen molar-refractivity contribution in [3.63, 3.8) is 0 Å². The summed E-state index contributed by atoms with van der Waals surface area (Å²) < 4.78 is 5.54. The molecule has 3 aromatic rings. The van der Waals surface area contributed by atoms with Gasteiger partial charge in [-0.2, -0.15) is 0 Å². The zero-order valence-electron chi connectivity index (χ0n) is 10.9. The molecule has 1 aromatic carbocycles. The van der Waals surface area contributed by atoms with E-state index in [1.54, 1.807) is 6.20 Å². The van der Waals surface area contributed by atoms with Crippen LogP contribution in [-0.2, 0) is 6.54 Å². The number of hydrogen-bond acceptors (Lipinski definition) is 3. The number of imidazole rings is 1. The second-order valence-electron chi connectivity index (χ2n) is 4.57. The molecule has 0 radical (unpaired) electrons. The number of aromatic nitrogens is 2. The number of fused-ring (bicyclic) bond motifs is 1. The van der Waals surface area contributed by atoms with Crippen LogP contribution in [0.4, 0.5) is 0 Å². The highest BCUT2D eigenvalue weighted by Crippen LogP contribution is 2.21. The molecule has 0 aliphatic rings. The lowest BCUT2D eigenvalue weighted by atomic mass is 10.1. The maximum absolute atomic E-state index is 5.54. The standard InChI is InChI=1S/C15H17N3O/c1-2-13(15-16-7-8-17-15)18-9-11-10-19-14-6-4-3-5-12(11)14/h3-8,10,13,18H,2,9H2,1H3,(H,16,17).